The first-order chi connectivity index (χ1) is 19.7. The first-order valence-electron chi connectivity index (χ1n) is 13.8. The largest absolute Gasteiger partial charge is 0.444 e. The molecule has 214 valence electrons. The van der Waals surface area contributed by atoms with E-state index < -0.39 is 5.60 Å². The number of carbonyl (C=O) groups excluding carboxylic acids is 2. The molecule has 1 fully saturated rings. The molecule has 2 aliphatic rings. The Morgan fingerprint density at radius 2 is 1.80 bits per heavy atom. The van der Waals surface area contributed by atoms with Crippen molar-refractivity contribution in [3.8, 4) is 11.3 Å². The van der Waals surface area contributed by atoms with Crippen LogP contribution in [-0.2, 0) is 4.74 Å². The van der Waals surface area contributed by atoms with Crippen molar-refractivity contribution in [3.63, 3.8) is 0 Å². The van der Waals surface area contributed by atoms with Gasteiger partial charge in [0.25, 0.3) is 5.91 Å². The number of amides is 2. The van der Waals surface area contributed by atoms with Crippen LogP contribution in [0.25, 0.3) is 11.3 Å². The Kier molecular flexibility index (Phi) is 8.04. The van der Waals surface area contributed by atoms with Crippen LogP contribution in [0.2, 0.25) is 0 Å². The van der Waals surface area contributed by atoms with Gasteiger partial charge in [0.1, 0.15) is 11.3 Å². The van der Waals surface area contributed by atoms with Crippen molar-refractivity contribution < 1.29 is 14.3 Å². The van der Waals surface area contributed by atoms with Crippen LogP contribution in [0.5, 0.6) is 0 Å². The number of hydrogen-bond acceptors (Lipinski definition) is 8. The summed E-state index contributed by atoms with van der Waals surface area (Å²) in [4.78, 5) is 40.2. The lowest BCUT2D eigenvalue weighted by Gasteiger charge is -2.35. The molecule has 41 heavy (non-hydrogen) atoms. The molecule has 0 bridgehead atoms. The lowest BCUT2D eigenvalue weighted by molar-refractivity contribution is 0.0141. The van der Waals surface area contributed by atoms with E-state index in [2.05, 4.69) is 32.3 Å². The normalized spacial score (nSPS) is 17.3. The Bertz CT molecular complexity index is 1420. The number of anilines is 1. The van der Waals surface area contributed by atoms with Crippen LogP contribution in [0, 0.1) is 0 Å². The summed E-state index contributed by atoms with van der Waals surface area (Å²) in [6.07, 6.45) is 8.69. The number of aliphatic imine (C=N–C) groups is 1. The molecule has 0 radical (unpaired) electrons. The third-order valence-electron chi connectivity index (χ3n) is 6.86. The number of pyridine rings is 1. The van der Waals surface area contributed by atoms with E-state index in [0.29, 0.717) is 31.7 Å². The Hall–Kier alpha value is -4.67. The van der Waals surface area contributed by atoms with Crippen LogP contribution in [0.3, 0.4) is 0 Å². The minimum Gasteiger partial charge on any atom is -0.444 e. The maximum absolute atomic E-state index is 13.1. The van der Waals surface area contributed by atoms with Gasteiger partial charge in [-0.25, -0.2) is 9.79 Å². The van der Waals surface area contributed by atoms with Gasteiger partial charge in [0.15, 0.2) is 6.29 Å². The first-order valence-corrected chi connectivity index (χ1v) is 13.8. The van der Waals surface area contributed by atoms with E-state index in [1.54, 1.807) is 22.2 Å². The number of piperazine rings is 1. The zero-order chi connectivity index (χ0) is 29.0. The topological polar surface area (TPSA) is 119 Å². The van der Waals surface area contributed by atoms with Crippen molar-refractivity contribution in [3.05, 3.63) is 78.4 Å². The molecule has 2 N–H and O–H groups in total. The van der Waals surface area contributed by atoms with E-state index >= 15 is 0 Å². The van der Waals surface area contributed by atoms with E-state index in [-0.39, 0.29) is 18.3 Å². The molecule has 3 aromatic rings. The third-order valence-corrected chi connectivity index (χ3v) is 6.86. The van der Waals surface area contributed by atoms with Crippen LogP contribution in [-0.4, -0.2) is 92.2 Å². The third kappa shape index (κ3) is 6.56. The van der Waals surface area contributed by atoms with Crippen LogP contribution in [0.15, 0.2) is 72.3 Å². The Morgan fingerprint density at radius 1 is 1.07 bits per heavy atom. The van der Waals surface area contributed by atoms with Gasteiger partial charge in [-0.3, -0.25) is 14.9 Å². The van der Waals surface area contributed by atoms with Crippen LogP contribution in [0.4, 0.5) is 10.5 Å². The van der Waals surface area contributed by atoms with Crippen molar-refractivity contribution >= 4 is 23.4 Å². The first kappa shape index (κ1) is 27.9. The van der Waals surface area contributed by atoms with Gasteiger partial charge in [0.2, 0.25) is 0 Å². The number of nitrogens with zero attached hydrogens (tertiary/aromatic N) is 6. The summed E-state index contributed by atoms with van der Waals surface area (Å²) < 4.78 is 5.45. The van der Waals surface area contributed by atoms with Crippen LogP contribution >= 0.6 is 0 Å². The molecule has 0 saturated carbocycles. The number of benzene rings is 1. The molecular formula is C30H36N8O3. The van der Waals surface area contributed by atoms with Gasteiger partial charge in [0, 0.05) is 79.9 Å². The molecule has 2 amide bonds. The zero-order valence-corrected chi connectivity index (χ0v) is 23.9. The number of hydrogen-bond donors (Lipinski definition) is 2. The monoisotopic (exact) mass is 556 g/mol. The van der Waals surface area contributed by atoms with E-state index in [9.17, 15) is 9.59 Å². The lowest BCUT2D eigenvalue weighted by Crippen LogP contribution is -2.51. The van der Waals surface area contributed by atoms with Crippen molar-refractivity contribution in [1.29, 1.82) is 0 Å². The highest BCUT2D eigenvalue weighted by molar-refractivity contribution is 6.12. The number of ether oxygens (including phenoxy) is 1. The van der Waals surface area contributed by atoms with E-state index in [1.807, 2.05) is 75.6 Å². The van der Waals surface area contributed by atoms with Gasteiger partial charge in [0.05, 0.1) is 5.71 Å². The van der Waals surface area contributed by atoms with Crippen molar-refractivity contribution in [2.75, 3.05) is 38.0 Å². The fraction of sp³-hybridized carbons (Fsp3) is 0.367. The standard InChI is InChI=1S/C30H36N8O3/c1-5-36-14-12-25(24-20-32-35-26(24)22-7-6-13-31-19-22)34-28(36)33-23-10-8-21(9-11-23)27(39)37-15-17-38(18-16-37)29(40)41-30(2,3)4/h6-14,19-20,28,33H,5,15-18H2,1-4H3,(H,32,35). The van der Waals surface area contributed by atoms with Crippen LogP contribution < -0.4 is 5.32 Å². The minimum absolute atomic E-state index is 0.0561. The second kappa shape index (κ2) is 11.8. The second-order valence-corrected chi connectivity index (χ2v) is 10.9. The Morgan fingerprint density at radius 3 is 2.46 bits per heavy atom. The summed E-state index contributed by atoms with van der Waals surface area (Å²) >= 11 is 0. The minimum atomic E-state index is -0.545. The summed E-state index contributed by atoms with van der Waals surface area (Å²) in [6.45, 7) is 10.2. The predicted molar refractivity (Wildman–Crippen MR) is 157 cm³/mol. The molecular weight excluding hydrogens is 520 g/mol. The van der Waals surface area contributed by atoms with Gasteiger partial charge in [-0.05, 0) is 70.2 Å². The summed E-state index contributed by atoms with van der Waals surface area (Å²) in [7, 11) is 0. The molecule has 1 aromatic carbocycles. The van der Waals surface area contributed by atoms with Gasteiger partial charge in [-0.2, -0.15) is 5.10 Å². The molecule has 1 unspecified atom stereocenters. The maximum atomic E-state index is 13.1. The zero-order valence-electron chi connectivity index (χ0n) is 23.9. The van der Waals surface area contributed by atoms with Gasteiger partial charge < -0.3 is 24.8 Å². The van der Waals surface area contributed by atoms with Gasteiger partial charge in [-0.1, -0.05) is 0 Å². The number of aromatic nitrogens is 3. The Balaban J connectivity index is 1.23. The average molecular weight is 557 g/mol. The van der Waals surface area contributed by atoms with E-state index in [0.717, 1.165) is 34.8 Å². The molecule has 0 spiro atoms. The lowest BCUT2D eigenvalue weighted by atomic mass is 10.1. The highest BCUT2D eigenvalue weighted by atomic mass is 16.6. The molecule has 1 saturated heterocycles. The van der Waals surface area contributed by atoms with E-state index in [1.165, 1.54) is 0 Å². The molecule has 11 heteroatoms. The molecule has 2 aliphatic heterocycles. The molecule has 4 heterocycles. The second-order valence-electron chi connectivity index (χ2n) is 10.9. The molecule has 1 atom stereocenters. The van der Waals surface area contributed by atoms with Crippen LogP contribution in [0.1, 0.15) is 43.6 Å². The van der Waals surface area contributed by atoms with E-state index in [4.69, 9.17) is 9.73 Å². The van der Waals surface area contributed by atoms with Crippen molar-refractivity contribution in [2.45, 2.75) is 39.6 Å². The number of allylic oxidation sites excluding steroid dienone is 1. The number of nitrogens with one attached hydrogen (secondary N) is 2. The fourth-order valence-electron chi connectivity index (χ4n) is 4.72. The summed E-state index contributed by atoms with van der Waals surface area (Å²) in [5.41, 5.74) is 4.30. The highest BCUT2D eigenvalue weighted by Gasteiger charge is 2.28. The summed E-state index contributed by atoms with van der Waals surface area (Å²) in [5, 5.41) is 10.9. The highest BCUT2D eigenvalue weighted by Crippen LogP contribution is 2.24. The van der Waals surface area contributed by atoms with Gasteiger partial charge in [-0.15, -0.1) is 0 Å². The SMILES string of the molecule is CCN1C=CC(c2c[nH]nc2-c2cccnc2)=NC1Nc1ccc(C(=O)N2CCN(C(=O)OC(C)(C)C)CC2)cc1. The molecule has 2 aromatic heterocycles. The quantitative estimate of drug-likeness (QED) is 0.467. The predicted octanol–water partition coefficient (Wildman–Crippen LogP) is 4.20. The average Bonchev–Trinajstić information content (AvgIpc) is 3.47. The Labute approximate surface area is 239 Å². The number of rotatable bonds is 6. The number of carbonyl (C=O) groups is 2. The fourth-order valence-corrected chi connectivity index (χ4v) is 4.72. The summed E-state index contributed by atoms with van der Waals surface area (Å²) in [6, 6.07) is 11.3. The number of aromatic amines is 1. The summed E-state index contributed by atoms with van der Waals surface area (Å²) in [5.74, 6) is -0.0561. The van der Waals surface area contributed by atoms with Crippen molar-refractivity contribution in [2.24, 2.45) is 4.99 Å². The molecule has 0 aliphatic carbocycles. The smallest absolute Gasteiger partial charge is 0.410 e. The number of H-pyrrole nitrogens is 1. The molecule has 11 nitrogen and oxygen atoms in total. The maximum Gasteiger partial charge on any atom is 0.410 e. The van der Waals surface area contributed by atoms with Crippen molar-refractivity contribution in [1.82, 2.24) is 29.9 Å². The van der Waals surface area contributed by atoms with Gasteiger partial charge >= 0.3 is 6.09 Å². The molecule has 5 rings (SSSR count).